The van der Waals surface area contributed by atoms with Crippen molar-refractivity contribution in [3.05, 3.63) is 11.6 Å². The fourth-order valence-corrected chi connectivity index (χ4v) is 0.542. The minimum Gasteiger partial charge on any atom is -0.175 e. The van der Waals surface area contributed by atoms with Gasteiger partial charge in [0.1, 0.15) is 0 Å². The van der Waals surface area contributed by atoms with Gasteiger partial charge in [0, 0.05) is 5.75 Å². The van der Waals surface area contributed by atoms with Gasteiger partial charge in [0.2, 0.25) is 0 Å². The van der Waals surface area contributed by atoms with E-state index in [4.69, 9.17) is 0 Å². The fraction of sp³-hybridized carbons (Fsp3) is 0.667. The molecule has 0 unspecified atom stereocenters. The second-order valence-corrected chi connectivity index (χ2v) is 1.93. The molecule has 0 radical (unpaired) electrons. The van der Waals surface area contributed by atoms with Crippen LogP contribution in [0.1, 0.15) is 20.3 Å². The maximum Gasteiger partial charge on any atom is 0.0110 e. The zero-order valence-electron chi connectivity index (χ0n) is 4.94. The van der Waals surface area contributed by atoms with Crippen LogP contribution in [-0.4, -0.2) is 5.75 Å². The Kier molecular flexibility index (Phi) is 4.31. The highest BCUT2D eigenvalue weighted by atomic mass is 32.1. The van der Waals surface area contributed by atoms with E-state index in [9.17, 15) is 0 Å². The van der Waals surface area contributed by atoms with Gasteiger partial charge in [-0.15, -0.1) is 0 Å². The average Bonchev–Trinajstić information content (AvgIpc) is 1.68. The monoisotopic (exact) mass is 116 g/mol. The minimum absolute atomic E-state index is 0.897. The largest absolute Gasteiger partial charge is 0.175 e. The van der Waals surface area contributed by atoms with Gasteiger partial charge in [0.15, 0.2) is 0 Å². The molecule has 1 heteroatoms. The molecule has 0 aliphatic heterocycles. The first-order valence-corrected chi connectivity index (χ1v) is 3.21. The Bertz CT molecular complexity index is 64.6. The van der Waals surface area contributed by atoms with Gasteiger partial charge in [-0.3, -0.25) is 0 Å². The molecule has 0 nitrogen and oxygen atoms in total. The number of hydrogen-bond acceptors (Lipinski definition) is 1. The van der Waals surface area contributed by atoms with Crippen molar-refractivity contribution in [2.45, 2.75) is 20.3 Å². The lowest BCUT2D eigenvalue weighted by molar-refractivity contribution is 1.18. The maximum absolute atomic E-state index is 4.08. The van der Waals surface area contributed by atoms with Gasteiger partial charge in [-0.05, 0) is 13.3 Å². The van der Waals surface area contributed by atoms with Crippen molar-refractivity contribution in [3.8, 4) is 0 Å². The molecule has 0 saturated carbocycles. The summed E-state index contributed by atoms with van der Waals surface area (Å²) in [6, 6.07) is 0. The SMILES string of the molecule is CC/C=C(/C)CS. The zero-order chi connectivity index (χ0) is 5.70. The highest BCUT2D eigenvalue weighted by Gasteiger charge is 1.77. The van der Waals surface area contributed by atoms with Crippen LogP contribution in [0.5, 0.6) is 0 Å². The minimum atomic E-state index is 0.897. The Morgan fingerprint density at radius 2 is 2.29 bits per heavy atom. The first-order valence-electron chi connectivity index (χ1n) is 2.57. The Morgan fingerprint density at radius 3 is 2.43 bits per heavy atom. The van der Waals surface area contributed by atoms with Crippen LogP contribution in [0.4, 0.5) is 0 Å². The van der Waals surface area contributed by atoms with Gasteiger partial charge in [-0.25, -0.2) is 0 Å². The third kappa shape index (κ3) is 3.93. The van der Waals surface area contributed by atoms with E-state index >= 15 is 0 Å². The van der Waals surface area contributed by atoms with Crippen molar-refractivity contribution in [2.75, 3.05) is 5.75 Å². The summed E-state index contributed by atoms with van der Waals surface area (Å²) in [5.74, 6) is 0.897. The normalized spacial score (nSPS) is 12.1. The van der Waals surface area contributed by atoms with E-state index in [1.54, 1.807) is 0 Å². The third-order valence-corrected chi connectivity index (χ3v) is 1.30. The summed E-state index contributed by atoms with van der Waals surface area (Å²) in [5.41, 5.74) is 1.37. The molecule has 0 aromatic carbocycles. The summed E-state index contributed by atoms with van der Waals surface area (Å²) >= 11 is 4.08. The van der Waals surface area contributed by atoms with Crippen LogP contribution in [0.15, 0.2) is 11.6 Å². The van der Waals surface area contributed by atoms with E-state index in [1.165, 1.54) is 5.57 Å². The topological polar surface area (TPSA) is 0 Å². The van der Waals surface area contributed by atoms with E-state index in [0.29, 0.717) is 0 Å². The molecule has 0 spiro atoms. The Hall–Kier alpha value is 0.0900. The van der Waals surface area contributed by atoms with Crippen LogP contribution in [0.2, 0.25) is 0 Å². The smallest absolute Gasteiger partial charge is 0.0110 e. The molecule has 0 aromatic rings. The Balaban J connectivity index is 3.29. The van der Waals surface area contributed by atoms with Gasteiger partial charge in [-0.1, -0.05) is 18.6 Å². The summed E-state index contributed by atoms with van der Waals surface area (Å²) in [6.07, 6.45) is 3.32. The molecular formula is C6H12S. The maximum atomic E-state index is 4.08. The first-order chi connectivity index (χ1) is 3.31. The van der Waals surface area contributed by atoms with Gasteiger partial charge in [0.05, 0.1) is 0 Å². The van der Waals surface area contributed by atoms with Crippen LogP contribution >= 0.6 is 12.6 Å². The molecule has 0 aliphatic rings. The van der Waals surface area contributed by atoms with E-state index in [2.05, 4.69) is 32.6 Å². The van der Waals surface area contributed by atoms with E-state index in [1.807, 2.05) is 0 Å². The molecule has 0 heterocycles. The van der Waals surface area contributed by atoms with Crippen molar-refractivity contribution >= 4 is 12.6 Å². The average molecular weight is 116 g/mol. The van der Waals surface area contributed by atoms with Crippen LogP contribution in [0.25, 0.3) is 0 Å². The summed E-state index contributed by atoms with van der Waals surface area (Å²) in [5, 5.41) is 0. The van der Waals surface area contributed by atoms with Crippen molar-refractivity contribution in [2.24, 2.45) is 0 Å². The van der Waals surface area contributed by atoms with Crippen molar-refractivity contribution < 1.29 is 0 Å². The van der Waals surface area contributed by atoms with Crippen LogP contribution in [-0.2, 0) is 0 Å². The van der Waals surface area contributed by atoms with E-state index < -0.39 is 0 Å². The highest BCUT2D eigenvalue weighted by molar-refractivity contribution is 7.80. The predicted octanol–water partition coefficient (Wildman–Crippen LogP) is 2.27. The molecule has 0 fully saturated rings. The summed E-state index contributed by atoms with van der Waals surface area (Å²) < 4.78 is 0. The summed E-state index contributed by atoms with van der Waals surface area (Å²) in [4.78, 5) is 0. The number of allylic oxidation sites excluding steroid dienone is 1. The lowest BCUT2D eigenvalue weighted by atomic mass is 10.3. The first kappa shape index (κ1) is 7.09. The number of thiol groups is 1. The molecule has 0 atom stereocenters. The molecule has 0 amide bonds. The second kappa shape index (κ2) is 4.25. The van der Waals surface area contributed by atoms with Crippen LogP contribution in [0, 0.1) is 0 Å². The van der Waals surface area contributed by atoms with E-state index in [-0.39, 0.29) is 0 Å². The number of rotatable bonds is 2. The van der Waals surface area contributed by atoms with Crippen molar-refractivity contribution in [1.82, 2.24) is 0 Å². The molecule has 0 aromatic heterocycles. The summed E-state index contributed by atoms with van der Waals surface area (Å²) in [6.45, 7) is 4.23. The van der Waals surface area contributed by atoms with Gasteiger partial charge in [-0.2, -0.15) is 12.6 Å². The van der Waals surface area contributed by atoms with Gasteiger partial charge < -0.3 is 0 Å². The number of hydrogen-bond donors (Lipinski definition) is 1. The van der Waals surface area contributed by atoms with E-state index in [0.717, 1.165) is 12.2 Å². The zero-order valence-corrected chi connectivity index (χ0v) is 5.83. The molecule has 7 heavy (non-hydrogen) atoms. The standard InChI is InChI=1S/C6H12S/c1-3-4-6(2)5-7/h4,7H,3,5H2,1-2H3/b6-4-. The van der Waals surface area contributed by atoms with Gasteiger partial charge >= 0.3 is 0 Å². The van der Waals surface area contributed by atoms with Crippen LogP contribution in [0.3, 0.4) is 0 Å². The fourth-order valence-electron chi connectivity index (χ4n) is 0.413. The van der Waals surface area contributed by atoms with Crippen molar-refractivity contribution in [3.63, 3.8) is 0 Å². The Morgan fingerprint density at radius 1 is 1.71 bits per heavy atom. The molecule has 0 saturated heterocycles. The molecular weight excluding hydrogens is 104 g/mol. The molecule has 0 N–H and O–H groups in total. The lowest BCUT2D eigenvalue weighted by Crippen LogP contribution is -1.73. The molecule has 0 aliphatic carbocycles. The quantitative estimate of drug-likeness (QED) is 0.415. The highest BCUT2D eigenvalue weighted by Crippen LogP contribution is 1.95. The third-order valence-electron chi connectivity index (χ3n) is 0.802. The lowest BCUT2D eigenvalue weighted by Gasteiger charge is -1.88. The molecule has 0 bridgehead atoms. The van der Waals surface area contributed by atoms with Crippen molar-refractivity contribution in [1.29, 1.82) is 0 Å². The van der Waals surface area contributed by atoms with Gasteiger partial charge in [0.25, 0.3) is 0 Å². The molecule has 42 valence electrons. The van der Waals surface area contributed by atoms with Crippen LogP contribution < -0.4 is 0 Å². The second-order valence-electron chi connectivity index (χ2n) is 1.62. The Labute approximate surface area is 51.0 Å². The molecule has 0 rings (SSSR count). The predicted molar refractivity (Wildman–Crippen MR) is 37.9 cm³/mol. The summed E-state index contributed by atoms with van der Waals surface area (Å²) in [7, 11) is 0.